The Bertz CT molecular complexity index is 571. The van der Waals surface area contributed by atoms with Crippen molar-refractivity contribution in [1.82, 2.24) is 4.57 Å². The highest BCUT2D eigenvalue weighted by atomic mass is 19.1. The van der Waals surface area contributed by atoms with Crippen LogP contribution in [0.4, 0.5) is 4.39 Å². The molecule has 0 radical (unpaired) electrons. The molecule has 2 aromatic rings. The Hall–Kier alpha value is -1.64. The van der Waals surface area contributed by atoms with E-state index >= 15 is 0 Å². The average Bonchev–Trinajstić information content (AvgIpc) is 2.58. The van der Waals surface area contributed by atoms with Crippen molar-refractivity contribution in [3.05, 3.63) is 35.3 Å². The van der Waals surface area contributed by atoms with Gasteiger partial charge in [0, 0.05) is 24.5 Å². The van der Waals surface area contributed by atoms with E-state index in [0.29, 0.717) is 17.4 Å². The van der Waals surface area contributed by atoms with Gasteiger partial charge < -0.3 is 9.36 Å². The number of halogens is 1. The molecule has 1 aromatic heterocycles. The summed E-state index contributed by atoms with van der Waals surface area (Å²) >= 11 is 0. The van der Waals surface area contributed by atoms with E-state index < -0.39 is 0 Å². The molecular formula is C14H16FNO. The maximum absolute atomic E-state index is 14.3. The van der Waals surface area contributed by atoms with E-state index in [2.05, 4.69) is 0 Å². The van der Waals surface area contributed by atoms with Crippen LogP contribution in [-0.2, 0) is 11.8 Å². The number of aldehydes is 1. The van der Waals surface area contributed by atoms with Gasteiger partial charge in [-0.3, -0.25) is 0 Å². The van der Waals surface area contributed by atoms with E-state index in [1.165, 1.54) is 0 Å². The Morgan fingerprint density at radius 3 is 2.82 bits per heavy atom. The molecule has 0 fully saturated rings. The van der Waals surface area contributed by atoms with Crippen molar-refractivity contribution in [2.75, 3.05) is 0 Å². The number of nitrogens with zero attached hydrogens (tertiary/aromatic N) is 1. The SMILES string of the molecule is Cc1cc2c(F)c(C(C)CC=O)ccc2n1C. The summed E-state index contributed by atoms with van der Waals surface area (Å²) in [6.07, 6.45) is 1.19. The maximum Gasteiger partial charge on any atom is 0.136 e. The molecule has 0 aliphatic heterocycles. The van der Waals surface area contributed by atoms with Gasteiger partial charge in [0.2, 0.25) is 0 Å². The summed E-state index contributed by atoms with van der Waals surface area (Å²) < 4.78 is 16.3. The van der Waals surface area contributed by atoms with Crippen molar-refractivity contribution in [2.24, 2.45) is 7.05 Å². The zero-order chi connectivity index (χ0) is 12.6. The molecule has 2 nitrogen and oxygen atoms in total. The van der Waals surface area contributed by atoms with Crippen LogP contribution in [0, 0.1) is 12.7 Å². The topological polar surface area (TPSA) is 22.0 Å². The lowest BCUT2D eigenvalue weighted by Gasteiger charge is -2.10. The summed E-state index contributed by atoms with van der Waals surface area (Å²) in [4.78, 5) is 10.5. The number of aryl methyl sites for hydroxylation is 2. The summed E-state index contributed by atoms with van der Waals surface area (Å²) in [6, 6.07) is 5.55. The smallest absolute Gasteiger partial charge is 0.136 e. The Kier molecular flexibility index (Phi) is 3.01. The number of carbonyl (C=O) groups is 1. The monoisotopic (exact) mass is 233 g/mol. The highest BCUT2D eigenvalue weighted by molar-refractivity contribution is 5.83. The first-order valence-electron chi connectivity index (χ1n) is 5.74. The fraction of sp³-hybridized carbons (Fsp3) is 0.357. The zero-order valence-corrected chi connectivity index (χ0v) is 10.3. The van der Waals surface area contributed by atoms with E-state index in [1.54, 1.807) is 6.07 Å². The third-order valence-corrected chi connectivity index (χ3v) is 3.41. The van der Waals surface area contributed by atoms with Crippen molar-refractivity contribution in [3.8, 4) is 0 Å². The lowest BCUT2D eigenvalue weighted by Crippen LogP contribution is -1.99. The molecule has 0 aliphatic carbocycles. The third kappa shape index (κ3) is 1.86. The molecule has 3 heteroatoms. The maximum atomic E-state index is 14.3. The van der Waals surface area contributed by atoms with Crippen LogP contribution < -0.4 is 0 Å². The van der Waals surface area contributed by atoms with Crippen LogP contribution in [-0.4, -0.2) is 10.9 Å². The molecule has 1 unspecified atom stereocenters. The van der Waals surface area contributed by atoms with Crippen LogP contribution >= 0.6 is 0 Å². The Balaban J connectivity index is 2.61. The highest BCUT2D eigenvalue weighted by Crippen LogP contribution is 2.29. The number of hydrogen-bond donors (Lipinski definition) is 0. The Labute approximate surface area is 100 Å². The van der Waals surface area contributed by atoms with Gasteiger partial charge in [-0.05, 0) is 30.5 Å². The molecule has 0 saturated heterocycles. The van der Waals surface area contributed by atoms with Crippen LogP contribution in [0.3, 0.4) is 0 Å². The fourth-order valence-corrected chi connectivity index (χ4v) is 2.18. The standard InChI is InChI=1S/C14H16FNO/c1-9(6-7-17)11-4-5-13-12(14(11)15)8-10(2)16(13)3/h4-5,7-9H,6H2,1-3H3. The molecule has 1 aromatic carbocycles. The first kappa shape index (κ1) is 11.8. The largest absolute Gasteiger partial charge is 0.348 e. The highest BCUT2D eigenvalue weighted by Gasteiger charge is 2.15. The second kappa shape index (κ2) is 4.32. The number of aromatic nitrogens is 1. The van der Waals surface area contributed by atoms with Crippen LogP contribution in [0.2, 0.25) is 0 Å². The van der Waals surface area contributed by atoms with E-state index in [4.69, 9.17) is 0 Å². The van der Waals surface area contributed by atoms with Gasteiger partial charge in [0.1, 0.15) is 12.1 Å². The lowest BCUT2D eigenvalue weighted by molar-refractivity contribution is -0.108. The van der Waals surface area contributed by atoms with Crippen molar-refractivity contribution < 1.29 is 9.18 Å². The fourth-order valence-electron chi connectivity index (χ4n) is 2.18. The van der Waals surface area contributed by atoms with Crippen molar-refractivity contribution >= 4 is 17.2 Å². The molecule has 0 bridgehead atoms. The number of carbonyl (C=O) groups excluding carboxylic acids is 1. The van der Waals surface area contributed by atoms with Crippen LogP contribution in [0.1, 0.15) is 30.5 Å². The van der Waals surface area contributed by atoms with Crippen LogP contribution in [0.5, 0.6) is 0 Å². The Morgan fingerprint density at radius 1 is 1.47 bits per heavy atom. The molecule has 1 atom stereocenters. The summed E-state index contributed by atoms with van der Waals surface area (Å²) in [5.74, 6) is -0.266. The molecule has 0 amide bonds. The molecule has 0 spiro atoms. The minimum Gasteiger partial charge on any atom is -0.348 e. The molecule has 0 aliphatic rings. The van der Waals surface area contributed by atoms with Gasteiger partial charge in [0.05, 0.1) is 5.52 Å². The van der Waals surface area contributed by atoms with Gasteiger partial charge in [-0.15, -0.1) is 0 Å². The van der Waals surface area contributed by atoms with Crippen molar-refractivity contribution in [3.63, 3.8) is 0 Å². The van der Waals surface area contributed by atoms with E-state index in [9.17, 15) is 9.18 Å². The van der Waals surface area contributed by atoms with Gasteiger partial charge in [0.15, 0.2) is 0 Å². The first-order valence-corrected chi connectivity index (χ1v) is 5.74. The number of rotatable bonds is 3. The minimum atomic E-state index is -0.194. The normalized spacial score (nSPS) is 12.9. The zero-order valence-electron chi connectivity index (χ0n) is 10.3. The first-order chi connectivity index (χ1) is 8.06. The molecule has 0 N–H and O–H groups in total. The van der Waals surface area contributed by atoms with E-state index in [0.717, 1.165) is 17.5 Å². The van der Waals surface area contributed by atoms with E-state index in [1.807, 2.05) is 37.6 Å². The van der Waals surface area contributed by atoms with Gasteiger partial charge >= 0.3 is 0 Å². The predicted octanol–water partition coefficient (Wildman–Crippen LogP) is 3.32. The number of fused-ring (bicyclic) bond motifs is 1. The molecule has 90 valence electrons. The average molecular weight is 233 g/mol. The summed E-state index contributed by atoms with van der Waals surface area (Å²) in [5, 5.41) is 0.639. The van der Waals surface area contributed by atoms with Crippen molar-refractivity contribution in [2.45, 2.75) is 26.2 Å². The lowest BCUT2D eigenvalue weighted by atomic mass is 9.96. The predicted molar refractivity (Wildman–Crippen MR) is 66.7 cm³/mol. The van der Waals surface area contributed by atoms with Crippen LogP contribution in [0.15, 0.2) is 18.2 Å². The minimum absolute atomic E-state index is 0.0718. The summed E-state index contributed by atoms with van der Waals surface area (Å²) in [6.45, 7) is 3.82. The van der Waals surface area contributed by atoms with Gasteiger partial charge in [0.25, 0.3) is 0 Å². The van der Waals surface area contributed by atoms with E-state index in [-0.39, 0.29) is 11.7 Å². The molecule has 2 rings (SSSR count). The Morgan fingerprint density at radius 2 is 2.18 bits per heavy atom. The van der Waals surface area contributed by atoms with Gasteiger partial charge in [-0.25, -0.2) is 4.39 Å². The molecule has 0 saturated carbocycles. The number of hydrogen-bond acceptors (Lipinski definition) is 1. The quantitative estimate of drug-likeness (QED) is 0.745. The van der Waals surface area contributed by atoms with Gasteiger partial charge in [-0.1, -0.05) is 13.0 Å². The van der Waals surface area contributed by atoms with Crippen LogP contribution in [0.25, 0.3) is 10.9 Å². The third-order valence-electron chi connectivity index (χ3n) is 3.41. The molecule has 1 heterocycles. The second-order valence-electron chi connectivity index (χ2n) is 4.55. The van der Waals surface area contributed by atoms with Gasteiger partial charge in [-0.2, -0.15) is 0 Å². The molecule has 17 heavy (non-hydrogen) atoms. The summed E-state index contributed by atoms with van der Waals surface area (Å²) in [5.41, 5.74) is 2.54. The molecular weight excluding hydrogens is 217 g/mol. The summed E-state index contributed by atoms with van der Waals surface area (Å²) in [7, 11) is 1.92. The second-order valence-corrected chi connectivity index (χ2v) is 4.55. The number of benzene rings is 1. The van der Waals surface area contributed by atoms with Crippen molar-refractivity contribution in [1.29, 1.82) is 0 Å².